The Labute approximate surface area is 255 Å². The van der Waals surface area contributed by atoms with Crippen molar-refractivity contribution in [1.29, 1.82) is 0 Å². The highest BCUT2D eigenvalue weighted by Crippen LogP contribution is 2.35. The molecule has 1 aliphatic heterocycles. The van der Waals surface area contributed by atoms with Gasteiger partial charge in [0, 0.05) is 55.8 Å². The van der Waals surface area contributed by atoms with Gasteiger partial charge >= 0.3 is 0 Å². The molecule has 4 N–H and O–H groups in total. The molecule has 4 heterocycles. The number of aliphatic hydroxyl groups excluding tert-OH is 2. The molecule has 2 fully saturated rings. The van der Waals surface area contributed by atoms with Crippen molar-refractivity contribution >= 4 is 46.5 Å². The van der Waals surface area contributed by atoms with E-state index in [1.54, 1.807) is 42.3 Å². The maximum Gasteiger partial charge on any atom is 0.268 e. The molecule has 5 atom stereocenters. The second-order valence-electron chi connectivity index (χ2n) is 12.5. The summed E-state index contributed by atoms with van der Waals surface area (Å²) < 4.78 is 3.00. The van der Waals surface area contributed by atoms with Crippen LogP contribution in [0.2, 0.25) is 0 Å². The van der Waals surface area contributed by atoms with Crippen LogP contribution >= 0.6 is 11.8 Å². The lowest BCUT2D eigenvalue weighted by Crippen LogP contribution is -2.42. The predicted molar refractivity (Wildman–Crippen MR) is 163 cm³/mol. The van der Waals surface area contributed by atoms with Gasteiger partial charge in [-0.05, 0) is 36.8 Å². The smallest absolute Gasteiger partial charge is 0.268 e. The zero-order valence-electron chi connectivity index (χ0n) is 24.9. The highest BCUT2D eigenvalue weighted by molar-refractivity contribution is 6.24. The predicted octanol–water partition coefficient (Wildman–Crippen LogP) is 2.51. The zero-order valence-corrected chi connectivity index (χ0v) is 25.7. The molecular weight excluding hydrogens is 574 g/mol. The molecule has 0 aromatic carbocycles. The molecule has 13 nitrogen and oxygen atoms in total. The summed E-state index contributed by atoms with van der Waals surface area (Å²) in [5, 5.41) is 28.0. The van der Waals surface area contributed by atoms with E-state index in [0.29, 0.717) is 61.0 Å². The van der Waals surface area contributed by atoms with Crippen molar-refractivity contribution in [1.82, 2.24) is 34.2 Å². The first-order valence-electron chi connectivity index (χ1n) is 14.7. The number of carbonyl (C=O) groups excluding carboxylic acids is 2. The van der Waals surface area contributed by atoms with Gasteiger partial charge in [0.05, 0.1) is 24.5 Å². The number of amides is 2. The van der Waals surface area contributed by atoms with Gasteiger partial charge in [0.15, 0.2) is 17.0 Å². The molecule has 43 heavy (non-hydrogen) atoms. The maximum atomic E-state index is 13.0. The van der Waals surface area contributed by atoms with E-state index in [4.69, 9.17) is 21.7 Å². The van der Waals surface area contributed by atoms with Gasteiger partial charge in [-0.15, -0.1) is 0 Å². The third kappa shape index (κ3) is 6.68. The Morgan fingerprint density at radius 2 is 1.91 bits per heavy atom. The summed E-state index contributed by atoms with van der Waals surface area (Å²) in [5.41, 5.74) is 1.61. The molecule has 232 valence electrons. The molecule has 0 unspecified atom stereocenters. The number of anilines is 2. The highest BCUT2D eigenvalue weighted by Gasteiger charge is 2.44. The second-order valence-corrected chi connectivity index (χ2v) is 12.9. The number of aromatic nitrogens is 5. The first kappa shape index (κ1) is 30.9. The Morgan fingerprint density at radius 1 is 1.16 bits per heavy atom. The molecule has 1 aliphatic carbocycles. The first-order chi connectivity index (χ1) is 20.5. The van der Waals surface area contributed by atoms with Crippen LogP contribution in [0, 0.1) is 5.41 Å². The van der Waals surface area contributed by atoms with Gasteiger partial charge in [-0.25, -0.2) is 9.40 Å². The summed E-state index contributed by atoms with van der Waals surface area (Å²) in [6.45, 7) is 9.91. The Balaban J connectivity index is 1.43. The second kappa shape index (κ2) is 12.6. The molecule has 1 saturated carbocycles. The van der Waals surface area contributed by atoms with Crippen LogP contribution in [0.25, 0.3) is 11.2 Å². The number of imidazole rings is 1. The molecule has 1 saturated heterocycles. The van der Waals surface area contributed by atoms with Crippen LogP contribution in [0.5, 0.6) is 0 Å². The van der Waals surface area contributed by atoms with Crippen molar-refractivity contribution in [3.8, 4) is 0 Å². The molecule has 0 radical (unpaired) electrons. The fourth-order valence-corrected chi connectivity index (χ4v) is 5.85. The molecular formula is C29H40ClN9O4. The van der Waals surface area contributed by atoms with E-state index < -0.39 is 24.3 Å². The Bertz CT molecular complexity index is 1450. The highest BCUT2D eigenvalue weighted by atomic mass is 35.5. The minimum Gasteiger partial charge on any atom is -0.388 e. The van der Waals surface area contributed by atoms with Crippen molar-refractivity contribution in [2.24, 2.45) is 5.41 Å². The summed E-state index contributed by atoms with van der Waals surface area (Å²) in [5.74, 6) is 0.515. The van der Waals surface area contributed by atoms with Crippen molar-refractivity contribution in [2.45, 2.75) is 83.7 Å². The number of rotatable bonds is 9. The third-order valence-electron chi connectivity index (χ3n) is 8.14. The van der Waals surface area contributed by atoms with Gasteiger partial charge in [0.2, 0.25) is 11.9 Å². The van der Waals surface area contributed by atoms with Gasteiger partial charge < -0.3 is 30.3 Å². The van der Waals surface area contributed by atoms with Crippen LogP contribution in [0.15, 0.2) is 30.9 Å². The Morgan fingerprint density at radius 3 is 2.60 bits per heavy atom. The van der Waals surface area contributed by atoms with E-state index >= 15 is 0 Å². The quantitative estimate of drug-likeness (QED) is 0.264. The van der Waals surface area contributed by atoms with Gasteiger partial charge in [-0.1, -0.05) is 27.7 Å². The number of fused-ring (bicyclic) bond motifs is 1. The Kier molecular flexibility index (Phi) is 9.04. The van der Waals surface area contributed by atoms with Gasteiger partial charge in [-0.2, -0.15) is 9.97 Å². The number of nitrogens with one attached hydrogen (secondary N) is 2. The lowest BCUT2D eigenvalue weighted by Gasteiger charge is -2.23. The van der Waals surface area contributed by atoms with Crippen LogP contribution in [0.3, 0.4) is 0 Å². The minimum atomic E-state index is -1.13. The maximum absolute atomic E-state index is 13.0. The molecule has 2 aliphatic rings. The lowest BCUT2D eigenvalue weighted by atomic mass is 9.92. The van der Waals surface area contributed by atoms with Crippen LogP contribution in [0.4, 0.5) is 11.8 Å². The van der Waals surface area contributed by atoms with Crippen molar-refractivity contribution in [3.05, 3.63) is 36.4 Å². The number of halogens is 1. The largest absolute Gasteiger partial charge is 0.388 e. The summed E-state index contributed by atoms with van der Waals surface area (Å²) >= 11 is 6.53. The van der Waals surface area contributed by atoms with Crippen molar-refractivity contribution < 1.29 is 19.8 Å². The average Bonchev–Trinajstić information content (AvgIpc) is 3.71. The first-order valence-corrected chi connectivity index (χ1v) is 15.1. The topological polar surface area (TPSA) is 162 Å². The van der Waals surface area contributed by atoms with Crippen LogP contribution in [0.1, 0.15) is 69.8 Å². The van der Waals surface area contributed by atoms with Gasteiger partial charge in [-0.3, -0.25) is 14.6 Å². The van der Waals surface area contributed by atoms with Crippen LogP contribution < -0.4 is 15.5 Å². The van der Waals surface area contributed by atoms with Gasteiger partial charge in [0.25, 0.3) is 5.91 Å². The number of carbonyl (C=O) groups is 2. The summed E-state index contributed by atoms with van der Waals surface area (Å²) in [6.07, 6.45) is 4.57. The third-order valence-corrected chi connectivity index (χ3v) is 8.57. The van der Waals surface area contributed by atoms with E-state index in [2.05, 4.69) is 41.4 Å². The molecule has 2 amide bonds. The molecule has 14 heteroatoms. The Hall–Kier alpha value is -3.55. The number of nitrogens with zero attached hydrogens (tertiary/aromatic N) is 7. The summed E-state index contributed by atoms with van der Waals surface area (Å²) in [6, 6.07) is 1.84. The van der Waals surface area contributed by atoms with E-state index in [-0.39, 0.29) is 29.7 Å². The SMILES string of the molecule is CCC(=O)N[C@H]1C[C@@H](n2cnc3c(NCCC(C)(C)C)nc(N4CC[C@@H](N(Cl)C(=O)c5ccncc5)C4)nc32)[C@H](O)[C@@H]1O. The van der Waals surface area contributed by atoms with Crippen molar-refractivity contribution in [3.63, 3.8) is 0 Å². The number of hydrogen-bond acceptors (Lipinski definition) is 10. The fourth-order valence-electron chi connectivity index (χ4n) is 5.60. The molecule has 5 rings (SSSR count). The van der Waals surface area contributed by atoms with E-state index in [1.165, 1.54) is 4.42 Å². The number of pyridine rings is 1. The standard InChI is InChI=1S/C29H40ClN9O4/c1-5-21(40)34-19-14-20(24(42)23(19)41)38-16-33-22-25(32-12-9-29(2,3)4)35-28(36-26(22)38)37-13-8-18(15-37)39(30)27(43)17-6-10-31-11-7-17/h6-7,10-11,16,18-20,23-24,41-42H,5,8-9,12-15H2,1-4H3,(H,34,40)(H,32,35,36)/t18-,19+,20-,23-,24+/m1/s1. The van der Waals surface area contributed by atoms with Crippen LogP contribution in [-0.2, 0) is 4.79 Å². The number of aliphatic hydroxyl groups is 2. The molecule has 0 spiro atoms. The van der Waals surface area contributed by atoms with E-state index in [9.17, 15) is 19.8 Å². The monoisotopic (exact) mass is 613 g/mol. The zero-order chi connectivity index (χ0) is 30.9. The van der Waals surface area contributed by atoms with E-state index in [1.807, 2.05) is 4.90 Å². The fraction of sp³-hybridized carbons (Fsp3) is 0.586. The average molecular weight is 614 g/mol. The van der Waals surface area contributed by atoms with Crippen LogP contribution in [-0.4, -0.2) is 94.9 Å². The van der Waals surface area contributed by atoms with Crippen molar-refractivity contribution in [2.75, 3.05) is 29.9 Å². The minimum absolute atomic E-state index is 0.108. The molecule has 3 aromatic heterocycles. The summed E-state index contributed by atoms with van der Waals surface area (Å²) in [4.78, 5) is 45.3. The normalized spacial score (nSPS) is 24.0. The molecule has 0 bridgehead atoms. The number of hydrogen-bond donors (Lipinski definition) is 4. The van der Waals surface area contributed by atoms with E-state index in [0.717, 1.165) is 6.42 Å². The summed E-state index contributed by atoms with van der Waals surface area (Å²) in [7, 11) is 0. The van der Waals surface area contributed by atoms with Gasteiger partial charge in [0.1, 0.15) is 12.2 Å². The molecule has 3 aromatic rings. The lowest BCUT2D eigenvalue weighted by molar-refractivity contribution is -0.122.